The van der Waals surface area contributed by atoms with Gasteiger partial charge in [-0.15, -0.1) is 0 Å². The zero-order chi connectivity index (χ0) is 37.7. The van der Waals surface area contributed by atoms with Gasteiger partial charge < -0.3 is 4.90 Å². The molecule has 1 spiro atoms. The van der Waals surface area contributed by atoms with Gasteiger partial charge in [-0.2, -0.15) is 0 Å². The fourth-order valence-corrected chi connectivity index (χ4v) is 14.0. The molecule has 7 aromatic rings. The lowest BCUT2D eigenvalue weighted by molar-refractivity contribution is -0.00491. The van der Waals surface area contributed by atoms with Gasteiger partial charge in [-0.3, -0.25) is 0 Å². The fraction of sp³-hybridized carbons (Fsp3) is 0.250. The molecule has 57 heavy (non-hydrogen) atoms. The molecule has 1 nitrogen and oxygen atoms in total. The SMILES string of the molecule is CC1(C)c2ccccc2-c2ccc(N(c3ccc4c(c3)C3(c5ccccc5-c5ccccc53)c3ccccc3-4)c3ccccc3C34CC5CC(CC(C5)C3)C4)cc21. The second-order valence-electron chi connectivity index (χ2n) is 19.1. The van der Waals surface area contributed by atoms with E-state index in [1.54, 1.807) is 5.56 Å². The minimum absolute atomic E-state index is 0.0893. The fourth-order valence-electron chi connectivity index (χ4n) is 14.0. The Balaban J connectivity index is 1.07. The van der Waals surface area contributed by atoms with Crippen LogP contribution in [0.2, 0.25) is 0 Å². The Morgan fingerprint density at radius 1 is 0.386 bits per heavy atom. The van der Waals surface area contributed by atoms with E-state index in [9.17, 15) is 0 Å². The first-order valence-electron chi connectivity index (χ1n) is 21.5. The Bertz CT molecular complexity index is 2740. The molecule has 276 valence electrons. The summed E-state index contributed by atoms with van der Waals surface area (Å²) >= 11 is 0. The van der Waals surface area contributed by atoms with E-state index >= 15 is 0 Å². The van der Waals surface area contributed by atoms with Crippen LogP contribution in [0.25, 0.3) is 33.4 Å². The summed E-state index contributed by atoms with van der Waals surface area (Å²) in [7, 11) is 0. The number of anilines is 3. The Morgan fingerprint density at radius 3 is 1.30 bits per heavy atom. The van der Waals surface area contributed by atoms with Crippen LogP contribution < -0.4 is 4.90 Å². The van der Waals surface area contributed by atoms with Gasteiger partial charge in [-0.1, -0.05) is 141 Å². The zero-order valence-corrected chi connectivity index (χ0v) is 32.9. The van der Waals surface area contributed by atoms with Crippen LogP contribution in [0.1, 0.15) is 91.3 Å². The molecule has 0 radical (unpaired) electrons. The first kappa shape index (κ1) is 32.4. The minimum Gasteiger partial charge on any atom is -0.310 e. The number of nitrogens with zero attached hydrogens (tertiary/aromatic N) is 1. The van der Waals surface area contributed by atoms with Crippen LogP contribution in [0.5, 0.6) is 0 Å². The van der Waals surface area contributed by atoms with Crippen LogP contribution in [0.4, 0.5) is 17.1 Å². The van der Waals surface area contributed by atoms with Gasteiger partial charge in [0, 0.05) is 22.5 Å². The second kappa shape index (κ2) is 11.3. The van der Waals surface area contributed by atoms with Crippen molar-refractivity contribution in [3.63, 3.8) is 0 Å². The molecule has 0 amide bonds. The zero-order valence-electron chi connectivity index (χ0n) is 32.9. The standard InChI is InChI=1S/C56H47N/c1-54(2)46-17-7-3-13-40(46)44-25-23-38(30-51(44)54)57(53-22-12-11-21-50(53)55-32-35-27-36(33-55)29-37(28-35)34-55)39-24-26-45-43-16-6-10-20-49(43)56(52(45)31-39)47-18-8-4-14-41(47)42-15-5-9-19-48(42)56/h3-26,30-31,35-37H,27-29,32-34H2,1-2H3. The van der Waals surface area contributed by atoms with Gasteiger partial charge in [0.15, 0.2) is 0 Å². The molecule has 0 unspecified atom stereocenters. The molecule has 0 saturated heterocycles. The predicted molar refractivity (Wildman–Crippen MR) is 235 cm³/mol. The maximum absolute atomic E-state index is 2.68. The largest absolute Gasteiger partial charge is 0.310 e. The van der Waals surface area contributed by atoms with Crippen molar-refractivity contribution < 1.29 is 0 Å². The molecule has 0 heterocycles. The van der Waals surface area contributed by atoms with E-state index in [1.165, 1.54) is 122 Å². The summed E-state index contributed by atoms with van der Waals surface area (Å²) in [5, 5.41) is 0. The Hall–Kier alpha value is -5.66. The van der Waals surface area contributed by atoms with Gasteiger partial charge in [0.25, 0.3) is 0 Å². The highest BCUT2D eigenvalue weighted by molar-refractivity contribution is 5.96. The van der Waals surface area contributed by atoms with Gasteiger partial charge in [0.2, 0.25) is 0 Å². The van der Waals surface area contributed by atoms with Crippen molar-refractivity contribution in [1.29, 1.82) is 0 Å². The van der Waals surface area contributed by atoms with Crippen molar-refractivity contribution >= 4 is 17.1 Å². The number of hydrogen-bond donors (Lipinski definition) is 0. The number of hydrogen-bond acceptors (Lipinski definition) is 1. The molecule has 14 rings (SSSR count). The second-order valence-corrected chi connectivity index (χ2v) is 19.1. The number of fused-ring (bicyclic) bond motifs is 13. The van der Waals surface area contributed by atoms with E-state index in [2.05, 4.69) is 176 Å². The maximum Gasteiger partial charge on any atom is 0.0726 e. The van der Waals surface area contributed by atoms with Gasteiger partial charge >= 0.3 is 0 Å². The van der Waals surface area contributed by atoms with Crippen molar-refractivity contribution in [2.75, 3.05) is 4.90 Å². The molecular formula is C56H47N. The van der Waals surface area contributed by atoms with E-state index in [0.29, 0.717) is 0 Å². The van der Waals surface area contributed by atoms with E-state index in [0.717, 1.165) is 17.8 Å². The average Bonchev–Trinajstić information content (AvgIpc) is 3.79. The third-order valence-electron chi connectivity index (χ3n) is 15.8. The molecule has 7 aliphatic rings. The van der Waals surface area contributed by atoms with E-state index in [1.807, 2.05) is 0 Å². The third kappa shape index (κ3) is 4.15. The lowest BCUT2D eigenvalue weighted by Crippen LogP contribution is -2.48. The first-order valence-corrected chi connectivity index (χ1v) is 21.5. The number of rotatable bonds is 4. The Morgan fingerprint density at radius 2 is 0.772 bits per heavy atom. The van der Waals surface area contributed by atoms with Crippen LogP contribution in [-0.2, 0) is 16.2 Å². The first-order chi connectivity index (χ1) is 27.9. The van der Waals surface area contributed by atoms with Crippen molar-refractivity contribution in [1.82, 2.24) is 0 Å². The lowest BCUT2D eigenvalue weighted by Gasteiger charge is -2.57. The Labute approximate surface area is 337 Å². The van der Waals surface area contributed by atoms with E-state index in [4.69, 9.17) is 0 Å². The third-order valence-corrected chi connectivity index (χ3v) is 15.8. The monoisotopic (exact) mass is 733 g/mol. The van der Waals surface area contributed by atoms with Crippen LogP contribution in [0.15, 0.2) is 158 Å². The molecule has 0 aliphatic heterocycles. The van der Waals surface area contributed by atoms with E-state index in [-0.39, 0.29) is 16.2 Å². The number of benzene rings is 7. The topological polar surface area (TPSA) is 3.24 Å². The van der Waals surface area contributed by atoms with Gasteiger partial charge in [0.1, 0.15) is 0 Å². The van der Waals surface area contributed by atoms with Crippen LogP contribution in [-0.4, -0.2) is 0 Å². The minimum atomic E-state index is -0.387. The molecule has 0 atom stereocenters. The molecule has 1 heteroatoms. The van der Waals surface area contributed by atoms with Gasteiger partial charge in [0.05, 0.1) is 5.41 Å². The molecule has 4 saturated carbocycles. The molecular weight excluding hydrogens is 687 g/mol. The van der Waals surface area contributed by atoms with Crippen LogP contribution in [0, 0.1) is 17.8 Å². The predicted octanol–water partition coefficient (Wildman–Crippen LogP) is 14.3. The van der Waals surface area contributed by atoms with Crippen LogP contribution >= 0.6 is 0 Å². The van der Waals surface area contributed by atoms with Crippen molar-refractivity contribution in [3.05, 3.63) is 197 Å². The summed E-state index contributed by atoms with van der Waals surface area (Å²) in [5.41, 5.74) is 21.8. The summed E-state index contributed by atoms with van der Waals surface area (Å²) in [4.78, 5) is 2.68. The van der Waals surface area contributed by atoms with Gasteiger partial charge in [-0.25, -0.2) is 0 Å². The highest BCUT2D eigenvalue weighted by Crippen LogP contribution is 2.65. The molecule has 0 N–H and O–H groups in total. The summed E-state index contributed by atoms with van der Waals surface area (Å²) in [6.45, 7) is 4.83. The van der Waals surface area contributed by atoms with Crippen molar-refractivity contribution in [2.24, 2.45) is 17.8 Å². The number of para-hydroxylation sites is 1. The van der Waals surface area contributed by atoms with Crippen molar-refractivity contribution in [2.45, 2.75) is 68.6 Å². The maximum atomic E-state index is 2.68. The molecule has 0 aromatic heterocycles. The lowest BCUT2D eigenvalue weighted by atomic mass is 9.48. The van der Waals surface area contributed by atoms with Crippen LogP contribution in [0.3, 0.4) is 0 Å². The summed E-state index contributed by atoms with van der Waals surface area (Å²) < 4.78 is 0. The van der Waals surface area contributed by atoms with Crippen molar-refractivity contribution in [3.8, 4) is 33.4 Å². The molecule has 4 fully saturated rings. The molecule has 7 aromatic carbocycles. The quantitative estimate of drug-likeness (QED) is 0.174. The molecule has 7 aliphatic carbocycles. The summed E-state index contributed by atoms with van der Waals surface area (Å²) in [6.07, 6.45) is 8.36. The smallest absolute Gasteiger partial charge is 0.0726 e. The molecule has 4 bridgehead atoms. The highest BCUT2D eigenvalue weighted by atomic mass is 15.1. The Kier molecular flexibility index (Phi) is 6.40. The van der Waals surface area contributed by atoms with E-state index < -0.39 is 0 Å². The summed E-state index contributed by atoms with van der Waals surface area (Å²) in [6, 6.07) is 61.2. The highest BCUT2D eigenvalue weighted by Gasteiger charge is 2.54. The van der Waals surface area contributed by atoms with Gasteiger partial charge in [-0.05, 0) is 164 Å². The average molecular weight is 734 g/mol. The summed E-state index contributed by atoms with van der Waals surface area (Å²) in [5.74, 6) is 2.62. The normalized spacial score (nSPS) is 24.1.